The number of pyridine rings is 1. The fourth-order valence-corrected chi connectivity index (χ4v) is 2.40. The smallest absolute Gasteiger partial charge is 0.207 e. The molecule has 0 saturated heterocycles. The normalized spacial score (nSPS) is 9.89. The third kappa shape index (κ3) is 3.60. The molecule has 6 heteroatoms. The molecule has 19 heavy (non-hydrogen) atoms. The summed E-state index contributed by atoms with van der Waals surface area (Å²) in [6.07, 6.45) is 0. The van der Waals surface area contributed by atoms with Crippen molar-refractivity contribution in [2.45, 2.75) is 0 Å². The molecule has 1 heterocycles. The quantitative estimate of drug-likeness (QED) is 0.506. The van der Waals surface area contributed by atoms with E-state index in [1.165, 1.54) is 4.57 Å². The molecule has 0 fully saturated rings. The van der Waals surface area contributed by atoms with Gasteiger partial charge < -0.3 is 9.30 Å². The molecule has 1 aromatic heterocycles. The molecule has 0 bridgehead atoms. The zero-order valence-electron chi connectivity index (χ0n) is 10.4. The second kappa shape index (κ2) is 7.20. The van der Waals surface area contributed by atoms with Crippen LogP contribution in [0.3, 0.4) is 0 Å². The van der Waals surface area contributed by atoms with Crippen molar-refractivity contribution in [1.29, 1.82) is 0 Å². The largest absolute Gasteiger partial charge is 0.497 e. The zero-order valence-corrected chi connectivity index (χ0v) is 16.2. The van der Waals surface area contributed by atoms with E-state index in [9.17, 15) is 4.79 Å². The van der Waals surface area contributed by atoms with Crippen molar-refractivity contribution in [2.24, 2.45) is 7.05 Å². The van der Waals surface area contributed by atoms with Gasteiger partial charge in [-0.1, -0.05) is 22.9 Å². The third-order valence-corrected chi connectivity index (χ3v) is 3.70. The van der Waals surface area contributed by atoms with E-state index in [0.717, 1.165) is 5.56 Å². The van der Waals surface area contributed by atoms with E-state index >= 15 is 0 Å². The van der Waals surface area contributed by atoms with E-state index in [1.54, 1.807) is 32.4 Å². The van der Waals surface area contributed by atoms with Crippen molar-refractivity contribution >= 4 is 34.2 Å². The summed E-state index contributed by atoms with van der Waals surface area (Å²) in [5.41, 5.74) is 1.36. The number of ether oxygens (including phenoxy) is 1. The first-order chi connectivity index (χ1) is 8.54. The first-order valence-corrected chi connectivity index (χ1v) is 6.61. The predicted octanol–water partition coefficient (Wildman–Crippen LogP) is 3.12. The van der Waals surface area contributed by atoms with Crippen LogP contribution in [0.2, 0.25) is 5.02 Å². The SMILES string of the molecule is COc1ccc(-c2[c-]cc(I)c(=O)n2C)c(Cl)c1.[Y]. The third-order valence-electron chi connectivity index (χ3n) is 2.61. The van der Waals surface area contributed by atoms with E-state index < -0.39 is 0 Å². The molecule has 2 aromatic rings. The van der Waals surface area contributed by atoms with E-state index in [4.69, 9.17) is 16.3 Å². The van der Waals surface area contributed by atoms with Gasteiger partial charge in [0.25, 0.3) is 0 Å². The van der Waals surface area contributed by atoms with Crippen LogP contribution in [0.4, 0.5) is 0 Å². The molecule has 0 saturated carbocycles. The number of nitrogens with zero attached hydrogens (tertiary/aromatic N) is 1. The van der Waals surface area contributed by atoms with Gasteiger partial charge in [0.1, 0.15) is 5.75 Å². The van der Waals surface area contributed by atoms with Crippen molar-refractivity contribution in [3.05, 3.63) is 49.3 Å². The van der Waals surface area contributed by atoms with Gasteiger partial charge in [0, 0.05) is 39.8 Å². The van der Waals surface area contributed by atoms with Crippen LogP contribution in [0.25, 0.3) is 11.3 Å². The Hall–Kier alpha value is 0.0939. The summed E-state index contributed by atoms with van der Waals surface area (Å²) >= 11 is 8.18. The van der Waals surface area contributed by atoms with Crippen LogP contribution in [0.15, 0.2) is 29.1 Å². The van der Waals surface area contributed by atoms with Crippen molar-refractivity contribution in [1.82, 2.24) is 4.57 Å². The summed E-state index contributed by atoms with van der Waals surface area (Å²) in [6.45, 7) is 0. The molecule has 1 aromatic carbocycles. The Bertz CT molecular complexity index is 658. The Morgan fingerprint density at radius 2 is 2.11 bits per heavy atom. The van der Waals surface area contributed by atoms with Gasteiger partial charge in [-0.2, -0.15) is 12.1 Å². The molecule has 0 unspecified atom stereocenters. The summed E-state index contributed by atoms with van der Waals surface area (Å²) in [7, 11) is 3.29. The maximum Gasteiger partial charge on any atom is 0.207 e. The molecular weight excluding hydrogens is 453 g/mol. The maximum atomic E-state index is 11.9. The summed E-state index contributed by atoms with van der Waals surface area (Å²) in [4.78, 5) is 11.9. The number of methoxy groups -OCH3 is 1. The zero-order chi connectivity index (χ0) is 13.3. The molecular formula is C13H10ClINO2Y-. The molecule has 0 aliphatic rings. The van der Waals surface area contributed by atoms with E-state index in [0.29, 0.717) is 20.0 Å². The standard InChI is InChI=1S/C13H10ClINO2.Y/c1-16-12(6-5-11(15)13(16)17)9-4-3-8(18-2)7-10(9)14;/h3-5,7H,1-2H3;/q-1;. The topological polar surface area (TPSA) is 31.2 Å². The molecule has 0 aliphatic heterocycles. The van der Waals surface area contributed by atoms with Crippen LogP contribution in [0, 0.1) is 9.64 Å². The second-order valence-corrected chi connectivity index (χ2v) is 5.26. The van der Waals surface area contributed by atoms with Crippen LogP contribution < -0.4 is 10.3 Å². The van der Waals surface area contributed by atoms with E-state index in [-0.39, 0.29) is 38.3 Å². The fourth-order valence-electron chi connectivity index (χ4n) is 1.63. The van der Waals surface area contributed by atoms with E-state index in [1.807, 2.05) is 28.7 Å². The number of benzene rings is 1. The van der Waals surface area contributed by atoms with Crippen LogP contribution in [0.5, 0.6) is 5.75 Å². The van der Waals surface area contributed by atoms with Crippen molar-refractivity contribution in [3.8, 4) is 17.0 Å². The van der Waals surface area contributed by atoms with E-state index in [2.05, 4.69) is 6.07 Å². The van der Waals surface area contributed by atoms with Crippen molar-refractivity contribution in [2.75, 3.05) is 7.11 Å². The van der Waals surface area contributed by atoms with Crippen LogP contribution in [-0.2, 0) is 39.8 Å². The summed E-state index contributed by atoms with van der Waals surface area (Å²) in [5.74, 6) is 0.680. The number of aromatic nitrogens is 1. The predicted molar refractivity (Wildman–Crippen MR) is 80.2 cm³/mol. The molecule has 0 amide bonds. The molecule has 0 spiro atoms. The maximum absolute atomic E-state index is 11.9. The van der Waals surface area contributed by atoms with Gasteiger partial charge in [-0.15, -0.1) is 28.7 Å². The molecule has 3 nitrogen and oxygen atoms in total. The Balaban J connectivity index is 0.00000180. The summed E-state index contributed by atoms with van der Waals surface area (Å²) in [6, 6.07) is 10.1. The molecule has 0 aliphatic carbocycles. The monoisotopic (exact) mass is 463 g/mol. The first-order valence-electron chi connectivity index (χ1n) is 5.15. The molecule has 1 radical (unpaired) electrons. The van der Waals surface area contributed by atoms with Crippen LogP contribution in [-0.4, -0.2) is 11.7 Å². The van der Waals surface area contributed by atoms with Crippen LogP contribution >= 0.6 is 34.2 Å². The average molecular weight is 463 g/mol. The van der Waals surface area contributed by atoms with Crippen LogP contribution in [0.1, 0.15) is 0 Å². The Morgan fingerprint density at radius 1 is 1.42 bits per heavy atom. The number of rotatable bonds is 2. The fraction of sp³-hybridized carbons (Fsp3) is 0.154. The van der Waals surface area contributed by atoms with Crippen molar-refractivity contribution < 1.29 is 37.4 Å². The Morgan fingerprint density at radius 3 is 2.68 bits per heavy atom. The molecule has 2 rings (SSSR count). The van der Waals surface area contributed by atoms with Gasteiger partial charge in [-0.05, 0) is 20.7 Å². The van der Waals surface area contributed by atoms with Gasteiger partial charge >= 0.3 is 0 Å². The molecule has 0 N–H and O–H groups in total. The van der Waals surface area contributed by atoms with Gasteiger partial charge in [0.15, 0.2) is 0 Å². The minimum Gasteiger partial charge on any atom is -0.497 e. The van der Waals surface area contributed by atoms with Crippen molar-refractivity contribution in [3.63, 3.8) is 0 Å². The van der Waals surface area contributed by atoms with Gasteiger partial charge in [0.05, 0.1) is 7.11 Å². The van der Waals surface area contributed by atoms with Gasteiger partial charge in [-0.25, -0.2) is 0 Å². The Kier molecular flexibility index (Phi) is 6.50. The number of hydrogen-bond acceptors (Lipinski definition) is 2. The molecule has 97 valence electrons. The molecule has 0 atom stereocenters. The summed E-state index contributed by atoms with van der Waals surface area (Å²) < 4.78 is 7.26. The minimum atomic E-state index is -0.0590. The van der Waals surface area contributed by atoms with Gasteiger partial charge in [0.2, 0.25) is 5.56 Å². The van der Waals surface area contributed by atoms with Gasteiger partial charge in [-0.3, -0.25) is 4.79 Å². The summed E-state index contributed by atoms with van der Waals surface area (Å²) in [5, 5.41) is 0.529. The average Bonchev–Trinajstić information content (AvgIpc) is 2.37. The first kappa shape index (κ1) is 17.1. The minimum absolute atomic E-state index is 0. The number of hydrogen-bond donors (Lipinski definition) is 0. The number of halogens is 2. The Labute approximate surface area is 155 Å². The second-order valence-electron chi connectivity index (χ2n) is 3.70.